The molecule has 0 aliphatic rings. The van der Waals surface area contributed by atoms with Crippen molar-refractivity contribution >= 4 is 0 Å². The summed E-state index contributed by atoms with van der Waals surface area (Å²) >= 11 is 0. The number of hydrogen-bond acceptors (Lipinski definition) is 1. The molecule has 0 atom stereocenters. The Labute approximate surface area is 69.1 Å². The van der Waals surface area contributed by atoms with E-state index in [0.717, 1.165) is 0 Å². The lowest BCUT2D eigenvalue weighted by Gasteiger charge is -1.92. The summed E-state index contributed by atoms with van der Waals surface area (Å²) in [7, 11) is 0. The highest BCUT2D eigenvalue weighted by Crippen LogP contribution is 1.81. The van der Waals surface area contributed by atoms with Crippen LogP contribution in [0.15, 0.2) is 36.5 Å². The lowest BCUT2D eigenvalue weighted by molar-refractivity contribution is 0.194. The fourth-order valence-corrected chi connectivity index (χ4v) is 0.546. The van der Waals surface area contributed by atoms with Gasteiger partial charge in [0.15, 0.2) is 0 Å². The fourth-order valence-electron chi connectivity index (χ4n) is 0.546. The summed E-state index contributed by atoms with van der Waals surface area (Å²) in [6.07, 6.45) is 11.9. The zero-order chi connectivity index (χ0) is 8.36. The summed E-state index contributed by atoms with van der Waals surface area (Å²) in [5.74, 6) is 0. The van der Waals surface area contributed by atoms with Gasteiger partial charge in [0.2, 0.25) is 0 Å². The SMILES string of the molecule is C/C=C/C=C/COC/C=C/C. The Bertz CT molecular complexity index is 143. The molecule has 1 nitrogen and oxygen atoms in total. The smallest absolute Gasteiger partial charge is 0.0654 e. The zero-order valence-corrected chi connectivity index (χ0v) is 7.29. The Hall–Kier alpha value is -0.820. The third kappa shape index (κ3) is 9.18. The van der Waals surface area contributed by atoms with Gasteiger partial charge in [0.1, 0.15) is 0 Å². The number of hydrogen-bond donors (Lipinski definition) is 0. The predicted molar refractivity (Wildman–Crippen MR) is 49.6 cm³/mol. The Balaban J connectivity index is 3.13. The first-order valence-electron chi connectivity index (χ1n) is 3.88. The van der Waals surface area contributed by atoms with Crippen molar-refractivity contribution in [2.75, 3.05) is 13.2 Å². The van der Waals surface area contributed by atoms with Crippen LogP contribution in [0.5, 0.6) is 0 Å². The molecule has 0 heterocycles. The third-order valence-corrected chi connectivity index (χ3v) is 1.10. The largest absolute Gasteiger partial charge is 0.373 e. The molecule has 62 valence electrons. The quantitative estimate of drug-likeness (QED) is 0.334. The average Bonchev–Trinajstić information content (AvgIpc) is 2.03. The average molecular weight is 152 g/mol. The van der Waals surface area contributed by atoms with Gasteiger partial charge in [0.05, 0.1) is 13.2 Å². The summed E-state index contributed by atoms with van der Waals surface area (Å²) in [4.78, 5) is 0. The van der Waals surface area contributed by atoms with Crippen LogP contribution < -0.4 is 0 Å². The highest BCUT2D eigenvalue weighted by Gasteiger charge is 1.74. The molecule has 0 saturated carbocycles. The second-order valence-electron chi connectivity index (χ2n) is 2.06. The molecule has 0 N–H and O–H groups in total. The van der Waals surface area contributed by atoms with Gasteiger partial charge in [0.25, 0.3) is 0 Å². The maximum Gasteiger partial charge on any atom is 0.0654 e. The molecule has 0 aromatic carbocycles. The molecule has 1 heteroatoms. The highest BCUT2D eigenvalue weighted by atomic mass is 16.5. The molecule has 0 amide bonds. The van der Waals surface area contributed by atoms with Gasteiger partial charge in [0, 0.05) is 0 Å². The van der Waals surface area contributed by atoms with Crippen LogP contribution in [0.25, 0.3) is 0 Å². The molecular weight excluding hydrogens is 136 g/mol. The van der Waals surface area contributed by atoms with E-state index in [1.54, 1.807) is 0 Å². The third-order valence-electron chi connectivity index (χ3n) is 1.10. The van der Waals surface area contributed by atoms with Crippen LogP contribution in [0.3, 0.4) is 0 Å². The van der Waals surface area contributed by atoms with Crippen molar-refractivity contribution in [2.24, 2.45) is 0 Å². The highest BCUT2D eigenvalue weighted by molar-refractivity contribution is 5.00. The first-order valence-corrected chi connectivity index (χ1v) is 3.88. The van der Waals surface area contributed by atoms with Crippen LogP contribution in [-0.2, 0) is 4.74 Å². The molecule has 0 aromatic heterocycles. The van der Waals surface area contributed by atoms with E-state index < -0.39 is 0 Å². The molecule has 0 saturated heterocycles. The molecule has 11 heavy (non-hydrogen) atoms. The summed E-state index contributed by atoms with van der Waals surface area (Å²) in [5, 5.41) is 0. The van der Waals surface area contributed by atoms with E-state index in [1.807, 2.05) is 50.3 Å². The van der Waals surface area contributed by atoms with Gasteiger partial charge in [-0.15, -0.1) is 0 Å². The van der Waals surface area contributed by atoms with E-state index in [9.17, 15) is 0 Å². The van der Waals surface area contributed by atoms with Crippen molar-refractivity contribution in [3.63, 3.8) is 0 Å². The number of ether oxygens (including phenoxy) is 1. The first-order chi connectivity index (χ1) is 5.41. The van der Waals surface area contributed by atoms with Gasteiger partial charge in [-0.25, -0.2) is 0 Å². The van der Waals surface area contributed by atoms with Crippen molar-refractivity contribution in [3.8, 4) is 0 Å². The zero-order valence-electron chi connectivity index (χ0n) is 7.29. The van der Waals surface area contributed by atoms with Crippen LogP contribution in [0.2, 0.25) is 0 Å². The Morgan fingerprint density at radius 2 is 1.64 bits per heavy atom. The second kappa shape index (κ2) is 9.18. The van der Waals surface area contributed by atoms with Crippen molar-refractivity contribution in [3.05, 3.63) is 36.5 Å². The van der Waals surface area contributed by atoms with E-state index in [2.05, 4.69) is 0 Å². The van der Waals surface area contributed by atoms with Crippen molar-refractivity contribution in [2.45, 2.75) is 13.8 Å². The van der Waals surface area contributed by atoms with Crippen LogP contribution >= 0.6 is 0 Å². The first kappa shape index (κ1) is 10.2. The molecule has 0 aliphatic carbocycles. The van der Waals surface area contributed by atoms with Gasteiger partial charge >= 0.3 is 0 Å². The molecule has 0 aromatic rings. The summed E-state index contributed by atoms with van der Waals surface area (Å²) in [5.41, 5.74) is 0. The lowest BCUT2D eigenvalue weighted by atomic mass is 10.4. The van der Waals surface area contributed by atoms with E-state index in [0.29, 0.717) is 13.2 Å². The number of rotatable bonds is 5. The monoisotopic (exact) mass is 152 g/mol. The Kier molecular flexibility index (Phi) is 8.50. The van der Waals surface area contributed by atoms with Gasteiger partial charge in [-0.3, -0.25) is 0 Å². The molecule has 0 spiro atoms. The van der Waals surface area contributed by atoms with E-state index >= 15 is 0 Å². The maximum atomic E-state index is 5.21. The van der Waals surface area contributed by atoms with Crippen LogP contribution in [0.1, 0.15) is 13.8 Å². The van der Waals surface area contributed by atoms with Crippen LogP contribution in [0, 0.1) is 0 Å². The maximum absolute atomic E-state index is 5.21. The van der Waals surface area contributed by atoms with Crippen molar-refractivity contribution in [1.82, 2.24) is 0 Å². The van der Waals surface area contributed by atoms with E-state index in [-0.39, 0.29) is 0 Å². The minimum Gasteiger partial charge on any atom is -0.373 e. The standard InChI is InChI=1S/C10H16O/c1-3-5-7-8-10-11-9-6-4-2/h3-8H,9-10H2,1-2H3/b5-3+,6-4+,8-7+. The fraction of sp³-hybridized carbons (Fsp3) is 0.400. The summed E-state index contributed by atoms with van der Waals surface area (Å²) < 4.78 is 5.21. The molecule has 0 bridgehead atoms. The molecule has 0 radical (unpaired) electrons. The minimum absolute atomic E-state index is 0.689. The van der Waals surface area contributed by atoms with Crippen LogP contribution in [-0.4, -0.2) is 13.2 Å². The van der Waals surface area contributed by atoms with Crippen LogP contribution in [0.4, 0.5) is 0 Å². The minimum atomic E-state index is 0.689. The summed E-state index contributed by atoms with van der Waals surface area (Å²) in [6.45, 7) is 5.37. The van der Waals surface area contributed by atoms with Gasteiger partial charge in [-0.2, -0.15) is 0 Å². The topological polar surface area (TPSA) is 9.23 Å². The van der Waals surface area contributed by atoms with Gasteiger partial charge in [-0.05, 0) is 13.8 Å². The van der Waals surface area contributed by atoms with E-state index in [4.69, 9.17) is 4.74 Å². The van der Waals surface area contributed by atoms with Crippen molar-refractivity contribution < 1.29 is 4.74 Å². The Morgan fingerprint density at radius 3 is 2.27 bits per heavy atom. The molecular formula is C10H16O. The molecule has 0 aliphatic heterocycles. The number of allylic oxidation sites excluding steroid dienone is 4. The summed E-state index contributed by atoms with van der Waals surface area (Å²) in [6, 6.07) is 0. The molecule has 0 rings (SSSR count). The Morgan fingerprint density at radius 1 is 0.909 bits per heavy atom. The normalized spacial score (nSPS) is 12.5. The van der Waals surface area contributed by atoms with Crippen molar-refractivity contribution in [1.29, 1.82) is 0 Å². The second-order valence-corrected chi connectivity index (χ2v) is 2.06. The van der Waals surface area contributed by atoms with Gasteiger partial charge in [-0.1, -0.05) is 36.5 Å². The predicted octanol–water partition coefficient (Wildman–Crippen LogP) is 2.71. The van der Waals surface area contributed by atoms with Gasteiger partial charge < -0.3 is 4.74 Å². The van der Waals surface area contributed by atoms with E-state index in [1.165, 1.54) is 0 Å². The molecule has 0 fully saturated rings. The molecule has 0 unspecified atom stereocenters. The lowest BCUT2D eigenvalue weighted by Crippen LogP contribution is -1.89.